The summed E-state index contributed by atoms with van der Waals surface area (Å²) in [4.78, 5) is 15.7. The fourth-order valence-corrected chi connectivity index (χ4v) is 1.89. The van der Waals surface area contributed by atoms with E-state index in [1.807, 2.05) is 50.2 Å². The largest absolute Gasteiger partial charge is 0.489 e. The normalized spacial score (nSPS) is 12.1. The molecule has 1 amide bonds. The first kappa shape index (κ1) is 16.7. The molecule has 0 spiro atoms. The Morgan fingerprint density at radius 1 is 1.22 bits per heavy atom. The Morgan fingerprint density at radius 3 is 2.57 bits per heavy atom. The van der Waals surface area contributed by atoms with Crippen LogP contribution >= 0.6 is 0 Å². The Labute approximate surface area is 137 Å². The molecule has 1 aromatic heterocycles. The van der Waals surface area contributed by atoms with Crippen molar-refractivity contribution in [3.05, 3.63) is 66.0 Å². The summed E-state index contributed by atoms with van der Waals surface area (Å²) in [5.74, 6) is 0.723. The van der Waals surface area contributed by atoms with E-state index >= 15 is 0 Å². The van der Waals surface area contributed by atoms with Gasteiger partial charge in [-0.3, -0.25) is 9.78 Å². The predicted octanol–water partition coefficient (Wildman–Crippen LogP) is 3.59. The summed E-state index contributed by atoms with van der Waals surface area (Å²) in [7, 11) is 0. The highest BCUT2D eigenvalue weighted by atomic mass is 16.5. The fraction of sp³-hybridized carbons (Fsp3) is 0.263. The van der Waals surface area contributed by atoms with Gasteiger partial charge in [0.15, 0.2) is 0 Å². The van der Waals surface area contributed by atoms with Crippen molar-refractivity contribution in [2.75, 3.05) is 0 Å². The third-order valence-electron chi connectivity index (χ3n) is 3.46. The molecule has 120 valence electrons. The average Bonchev–Trinajstić information content (AvgIpc) is 2.60. The molecule has 4 heteroatoms. The maximum absolute atomic E-state index is 11.7. The second-order valence-corrected chi connectivity index (χ2v) is 5.36. The van der Waals surface area contributed by atoms with Crippen molar-refractivity contribution in [1.29, 1.82) is 0 Å². The van der Waals surface area contributed by atoms with E-state index in [9.17, 15) is 4.79 Å². The molecule has 2 rings (SSSR count). The summed E-state index contributed by atoms with van der Waals surface area (Å²) in [6, 6.07) is 11.7. The van der Waals surface area contributed by atoms with Crippen molar-refractivity contribution in [2.24, 2.45) is 0 Å². The first-order valence-electron chi connectivity index (χ1n) is 7.77. The molecule has 1 N–H and O–H groups in total. The highest BCUT2D eigenvalue weighted by molar-refractivity contribution is 5.91. The summed E-state index contributed by atoms with van der Waals surface area (Å²) in [6.07, 6.45) is 7.76. The van der Waals surface area contributed by atoms with E-state index in [4.69, 9.17) is 4.74 Å². The molecule has 1 unspecified atom stereocenters. The molecule has 0 aliphatic rings. The zero-order chi connectivity index (χ0) is 16.5. The minimum Gasteiger partial charge on any atom is -0.489 e. The number of aromatic nitrogens is 1. The van der Waals surface area contributed by atoms with Crippen molar-refractivity contribution in [2.45, 2.75) is 32.9 Å². The third kappa shape index (κ3) is 5.94. The van der Waals surface area contributed by atoms with Crippen LogP contribution in [0, 0.1) is 0 Å². The number of pyridine rings is 1. The van der Waals surface area contributed by atoms with Gasteiger partial charge in [0.2, 0.25) is 5.91 Å². The second kappa shape index (κ2) is 8.73. The molecule has 0 fully saturated rings. The first-order chi connectivity index (χ1) is 11.2. The molecule has 0 saturated carbocycles. The molecule has 23 heavy (non-hydrogen) atoms. The number of carbonyl (C=O) groups is 1. The van der Waals surface area contributed by atoms with Crippen LogP contribution in [0.25, 0.3) is 6.08 Å². The molecule has 0 aliphatic heterocycles. The van der Waals surface area contributed by atoms with E-state index in [-0.39, 0.29) is 11.9 Å². The summed E-state index contributed by atoms with van der Waals surface area (Å²) in [5, 5.41) is 2.89. The van der Waals surface area contributed by atoms with Crippen LogP contribution in [0.4, 0.5) is 0 Å². The number of amides is 1. The van der Waals surface area contributed by atoms with Gasteiger partial charge in [-0.25, -0.2) is 0 Å². The second-order valence-electron chi connectivity index (χ2n) is 5.36. The van der Waals surface area contributed by atoms with Crippen LogP contribution < -0.4 is 10.1 Å². The van der Waals surface area contributed by atoms with Crippen LogP contribution in [0.5, 0.6) is 5.75 Å². The summed E-state index contributed by atoms with van der Waals surface area (Å²) in [5.41, 5.74) is 2.03. The van der Waals surface area contributed by atoms with Crippen LogP contribution in [0.15, 0.2) is 54.9 Å². The average molecular weight is 310 g/mol. The lowest BCUT2D eigenvalue weighted by atomic mass is 10.2. The van der Waals surface area contributed by atoms with Gasteiger partial charge in [-0.2, -0.15) is 0 Å². The molecular formula is C19H22N2O2. The van der Waals surface area contributed by atoms with Gasteiger partial charge in [0.1, 0.15) is 12.4 Å². The van der Waals surface area contributed by atoms with E-state index in [1.165, 1.54) is 0 Å². The maximum Gasteiger partial charge on any atom is 0.244 e. The molecule has 0 aliphatic carbocycles. The quantitative estimate of drug-likeness (QED) is 0.795. The highest BCUT2D eigenvalue weighted by Gasteiger charge is 2.01. The number of hydrogen-bond acceptors (Lipinski definition) is 3. The third-order valence-corrected chi connectivity index (χ3v) is 3.46. The van der Waals surface area contributed by atoms with Gasteiger partial charge in [-0.05, 0) is 54.8 Å². The van der Waals surface area contributed by atoms with Crippen LogP contribution in [-0.2, 0) is 11.4 Å². The van der Waals surface area contributed by atoms with Gasteiger partial charge in [-0.15, -0.1) is 0 Å². The number of ether oxygens (including phenoxy) is 1. The van der Waals surface area contributed by atoms with Gasteiger partial charge >= 0.3 is 0 Å². The zero-order valence-corrected chi connectivity index (χ0v) is 13.5. The van der Waals surface area contributed by atoms with Crippen molar-refractivity contribution in [3.63, 3.8) is 0 Å². The Hall–Kier alpha value is -2.62. The van der Waals surface area contributed by atoms with Crippen LogP contribution in [0.1, 0.15) is 31.4 Å². The van der Waals surface area contributed by atoms with Crippen molar-refractivity contribution in [1.82, 2.24) is 10.3 Å². The molecule has 1 aromatic carbocycles. The summed E-state index contributed by atoms with van der Waals surface area (Å²) in [6.45, 7) is 4.54. The van der Waals surface area contributed by atoms with Crippen LogP contribution in [0.2, 0.25) is 0 Å². The van der Waals surface area contributed by atoms with E-state index in [0.717, 1.165) is 23.3 Å². The minimum absolute atomic E-state index is 0.0719. The Bertz CT molecular complexity index is 636. The molecular weight excluding hydrogens is 288 g/mol. The monoisotopic (exact) mass is 310 g/mol. The Kier molecular flexibility index (Phi) is 6.36. The lowest BCUT2D eigenvalue weighted by Gasteiger charge is -2.08. The van der Waals surface area contributed by atoms with Gasteiger partial charge < -0.3 is 10.1 Å². The summed E-state index contributed by atoms with van der Waals surface area (Å²) >= 11 is 0. The number of carbonyl (C=O) groups excluding carboxylic acids is 1. The van der Waals surface area contributed by atoms with Gasteiger partial charge in [-0.1, -0.05) is 19.1 Å². The smallest absolute Gasteiger partial charge is 0.244 e. The Balaban J connectivity index is 1.85. The van der Waals surface area contributed by atoms with Gasteiger partial charge in [0, 0.05) is 24.5 Å². The van der Waals surface area contributed by atoms with Gasteiger partial charge in [0.25, 0.3) is 0 Å². The lowest BCUT2D eigenvalue weighted by Crippen LogP contribution is -2.30. The van der Waals surface area contributed by atoms with E-state index in [0.29, 0.717) is 6.61 Å². The van der Waals surface area contributed by atoms with Crippen molar-refractivity contribution < 1.29 is 9.53 Å². The number of rotatable bonds is 7. The number of nitrogens with zero attached hydrogens (tertiary/aromatic N) is 1. The van der Waals surface area contributed by atoms with Crippen LogP contribution in [-0.4, -0.2) is 16.9 Å². The maximum atomic E-state index is 11.7. The first-order valence-corrected chi connectivity index (χ1v) is 7.77. The lowest BCUT2D eigenvalue weighted by molar-refractivity contribution is -0.117. The fourth-order valence-electron chi connectivity index (χ4n) is 1.89. The van der Waals surface area contributed by atoms with Gasteiger partial charge in [0.05, 0.1) is 0 Å². The van der Waals surface area contributed by atoms with Crippen molar-refractivity contribution in [3.8, 4) is 5.75 Å². The molecule has 0 bridgehead atoms. The standard InChI is InChI=1S/C19H22N2O2/c1-3-15(2)21-19(22)9-6-16-4-7-18(8-5-16)23-14-17-10-12-20-13-11-17/h4-13,15H,3,14H2,1-2H3,(H,21,22). The van der Waals surface area contributed by atoms with E-state index in [1.54, 1.807) is 24.5 Å². The number of nitrogens with one attached hydrogen (secondary N) is 1. The molecule has 4 nitrogen and oxygen atoms in total. The molecule has 0 radical (unpaired) electrons. The topological polar surface area (TPSA) is 51.2 Å². The zero-order valence-electron chi connectivity index (χ0n) is 13.5. The molecule has 1 heterocycles. The minimum atomic E-state index is -0.0719. The molecule has 2 aromatic rings. The summed E-state index contributed by atoms with van der Waals surface area (Å²) < 4.78 is 5.71. The van der Waals surface area contributed by atoms with Crippen LogP contribution in [0.3, 0.4) is 0 Å². The molecule has 1 atom stereocenters. The predicted molar refractivity (Wildman–Crippen MR) is 91.9 cm³/mol. The SMILES string of the molecule is CCC(C)NC(=O)C=Cc1ccc(OCc2ccncc2)cc1. The number of hydrogen-bond donors (Lipinski definition) is 1. The number of benzene rings is 1. The van der Waals surface area contributed by atoms with Crippen molar-refractivity contribution >= 4 is 12.0 Å². The van der Waals surface area contributed by atoms with E-state index < -0.39 is 0 Å². The van der Waals surface area contributed by atoms with E-state index in [2.05, 4.69) is 10.3 Å². The molecule has 0 saturated heterocycles. The Morgan fingerprint density at radius 2 is 1.91 bits per heavy atom. The highest BCUT2D eigenvalue weighted by Crippen LogP contribution is 2.15.